The van der Waals surface area contributed by atoms with E-state index in [2.05, 4.69) is 28.6 Å². The Hall–Kier alpha value is 0. The lowest BCUT2D eigenvalue weighted by Crippen LogP contribution is -2.06. The van der Waals surface area contributed by atoms with E-state index in [4.69, 9.17) is 0 Å². The van der Waals surface area contributed by atoms with Crippen LogP contribution in [0.2, 0.25) is 0 Å². The van der Waals surface area contributed by atoms with Gasteiger partial charge in [-0.1, -0.05) is 35.2 Å². The predicted octanol–water partition coefficient (Wildman–Crippen LogP) is 4.02. The highest BCUT2D eigenvalue weighted by Gasteiger charge is 2.13. The van der Waals surface area contributed by atoms with E-state index in [0.717, 1.165) is 5.92 Å². The Morgan fingerprint density at radius 2 is 2.00 bits per heavy atom. The fourth-order valence-corrected chi connectivity index (χ4v) is 2.10. The summed E-state index contributed by atoms with van der Waals surface area (Å²) in [6, 6.07) is 0. The molecule has 0 radical (unpaired) electrons. The Bertz CT molecular complexity index is 169. The molecule has 0 heterocycles. The minimum Gasteiger partial charge on any atom is -0.114 e. The second kappa shape index (κ2) is 4.79. The second-order valence-electron chi connectivity index (χ2n) is 3.27. The Kier molecular flexibility index (Phi) is 3.96. The van der Waals surface area contributed by atoms with Gasteiger partial charge in [-0.3, -0.25) is 0 Å². The molecular formula is C10H15Br. The summed E-state index contributed by atoms with van der Waals surface area (Å²) in [5.74, 6) is 0.817. The number of rotatable bonds is 1. The molecule has 11 heavy (non-hydrogen) atoms. The van der Waals surface area contributed by atoms with Gasteiger partial charge in [-0.05, 0) is 31.3 Å². The average Bonchev–Trinajstić information content (AvgIpc) is 2.07. The summed E-state index contributed by atoms with van der Waals surface area (Å²) in [7, 11) is 0. The fourth-order valence-electron chi connectivity index (χ4n) is 1.74. The molecule has 0 N–H and O–H groups in total. The molecule has 0 aromatic heterocycles. The summed E-state index contributed by atoms with van der Waals surface area (Å²) in [5.41, 5.74) is 4.64. The first-order valence-corrected chi connectivity index (χ1v) is 5.28. The first kappa shape index (κ1) is 9.09. The fraction of sp³-hybridized carbons (Fsp3) is 0.700. The van der Waals surface area contributed by atoms with Crippen LogP contribution in [-0.4, -0.2) is 0 Å². The van der Waals surface area contributed by atoms with Gasteiger partial charge in [0.25, 0.3) is 0 Å². The quantitative estimate of drug-likeness (QED) is 0.579. The zero-order chi connectivity index (χ0) is 8.10. The van der Waals surface area contributed by atoms with Gasteiger partial charge in [0.2, 0.25) is 0 Å². The van der Waals surface area contributed by atoms with Crippen LogP contribution in [-0.2, 0) is 0 Å². The maximum atomic E-state index is 3.26. The summed E-state index contributed by atoms with van der Waals surface area (Å²) < 4.78 is 0. The summed E-state index contributed by atoms with van der Waals surface area (Å²) in [6.07, 6.45) is 7.00. The van der Waals surface area contributed by atoms with Crippen molar-refractivity contribution in [2.75, 3.05) is 0 Å². The van der Waals surface area contributed by atoms with Crippen LogP contribution in [0.4, 0.5) is 0 Å². The Morgan fingerprint density at radius 3 is 2.55 bits per heavy atom. The van der Waals surface area contributed by atoms with Crippen molar-refractivity contribution >= 4 is 15.9 Å². The molecule has 0 aromatic rings. The monoisotopic (exact) mass is 214 g/mol. The van der Waals surface area contributed by atoms with Crippen LogP contribution in [0, 0.1) is 5.92 Å². The predicted molar refractivity (Wildman–Crippen MR) is 52.8 cm³/mol. The third-order valence-electron chi connectivity index (χ3n) is 2.50. The Balaban J connectivity index is 2.51. The number of halogens is 1. The normalized spacial score (nSPS) is 19.1. The molecule has 0 nitrogen and oxygen atoms in total. The van der Waals surface area contributed by atoms with Crippen LogP contribution in [0.15, 0.2) is 16.3 Å². The zero-order valence-electron chi connectivity index (χ0n) is 7.07. The van der Waals surface area contributed by atoms with E-state index in [1.54, 1.807) is 0 Å². The van der Waals surface area contributed by atoms with Gasteiger partial charge in [0.1, 0.15) is 0 Å². The molecule has 1 fully saturated rings. The van der Waals surface area contributed by atoms with E-state index in [9.17, 15) is 0 Å². The van der Waals surface area contributed by atoms with Crippen LogP contribution in [0.25, 0.3) is 0 Å². The summed E-state index contributed by atoms with van der Waals surface area (Å²) >= 11 is 3.26. The van der Waals surface area contributed by atoms with Crippen molar-refractivity contribution in [2.45, 2.75) is 39.0 Å². The number of hydrogen-bond acceptors (Lipinski definition) is 0. The second-order valence-corrected chi connectivity index (χ2v) is 3.73. The minimum absolute atomic E-state index is 0.817. The van der Waals surface area contributed by atoms with E-state index in [1.807, 2.05) is 4.99 Å². The highest BCUT2D eigenvalue weighted by Crippen LogP contribution is 2.28. The Morgan fingerprint density at radius 1 is 1.36 bits per heavy atom. The molecule has 0 saturated heterocycles. The number of allylic oxidation sites excluding steroid dienone is 1. The first-order valence-electron chi connectivity index (χ1n) is 4.36. The molecule has 0 aromatic carbocycles. The van der Waals surface area contributed by atoms with Crippen LogP contribution in [0.5, 0.6) is 0 Å². The van der Waals surface area contributed by atoms with Gasteiger partial charge >= 0.3 is 0 Å². The van der Waals surface area contributed by atoms with Crippen LogP contribution >= 0.6 is 15.9 Å². The van der Waals surface area contributed by atoms with E-state index >= 15 is 0 Å². The SMILES string of the molecule is CC(=C=CBr)C1CCCCC1. The van der Waals surface area contributed by atoms with Crippen LogP contribution < -0.4 is 0 Å². The standard InChI is InChI=1S/C10H15Br/c1-9(7-8-11)10-5-3-2-4-6-10/h8,10H,2-6H2,1H3. The average molecular weight is 215 g/mol. The largest absolute Gasteiger partial charge is 0.114 e. The molecule has 1 saturated carbocycles. The van der Waals surface area contributed by atoms with Gasteiger partial charge < -0.3 is 0 Å². The molecule has 0 unspecified atom stereocenters. The van der Waals surface area contributed by atoms with Crippen molar-refractivity contribution < 1.29 is 0 Å². The van der Waals surface area contributed by atoms with Gasteiger partial charge in [0.05, 0.1) is 0 Å². The summed E-state index contributed by atoms with van der Waals surface area (Å²) in [4.78, 5) is 1.84. The summed E-state index contributed by atoms with van der Waals surface area (Å²) in [6.45, 7) is 2.19. The van der Waals surface area contributed by atoms with Gasteiger partial charge in [-0.25, -0.2) is 0 Å². The topological polar surface area (TPSA) is 0 Å². The van der Waals surface area contributed by atoms with E-state index in [0.29, 0.717) is 0 Å². The maximum Gasteiger partial charge on any atom is 0.0231 e. The van der Waals surface area contributed by atoms with Crippen LogP contribution in [0.1, 0.15) is 39.0 Å². The van der Waals surface area contributed by atoms with Crippen molar-refractivity contribution in [3.8, 4) is 0 Å². The van der Waals surface area contributed by atoms with Gasteiger partial charge in [-0.2, -0.15) is 0 Å². The first-order chi connectivity index (χ1) is 5.34. The van der Waals surface area contributed by atoms with Gasteiger partial charge in [0.15, 0.2) is 0 Å². The van der Waals surface area contributed by atoms with E-state index in [-0.39, 0.29) is 0 Å². The molecule has 1 aliphatic rings. The molecule has 1 heteroatoms. The maximum absolute atomic E-state index is 3.26. The van der Waals surface area contributed by atoms with Crippen molar-refractivity contribution in [1.82, 2.24) is 0 Å². The highest BCUT2D eigenvalue weighted by atomic mass is 79.9. The van der Waals surface area contributed by atoms with Crippen molar-refractivity contribution in [2.24, 2.45) is 5.92 Å². The third kappa shape index (κ3) is 2.84. The molecular weight excluding hydrogens is 200 g/mol. The van der Waals surface area contributed by atoms with Gasteiger partial charge in [-0.15, -0.1) is 5.73 Å². The lowest BCUT2D eigenvalue weighted by molar-refractivity contribution is 0.403. The molecule has 1 aliphatic carbocycles. The molecule has 0 aliphatic heterocycles. The van der Waals surface area contributed by atoms with E-state index < -0.39 is 0 Å². The zero-order valence-corrected chi connectivity index (χ0v) is 8.65. The minimum atomic E-state index is 0.817. The molecule has 62 valence electrons. The highest BCUT2D eigenvalue weighted by molar-refractivity contribution is 9.11. The molecule has 0 spiro atoms. The van der Waals surface area contributed by atoms with Crippen molar-refractivity contribution in [1.29, 1.82) is 0 Å². The summed E-state index contributed by atoms with van der Waals surface area (Å²) in [5, 5.41) is 0. The molecule has 0 atom stereocenters. The lowest BCUT2D eigenvalue weighted by atomic mass is 9.85. The van der Waals surface area contributed by atoms with Crippen molar-refractivity contribution in [3.05, 3.63) is 16.3 Å². The Labute approximate surface area is 77.5 Å². The van der Waals surface area contributed by atoms with Crippen LogP contribution in [0.3, 0.4) is 0 Å². The lowest BCUT2D eigenvalue weighted by Gasteiger charge is -2.20. The van der Waals surface area contributed by atoms with E-state index in [1.165, 1.54) is 37.7 Å². The van der Waals surface area contributed by atoms with Crippen molar-refractivity contribution in [3.63, 3.8) is 0 Å². The third-order valence-corrected chi connectivity index (χ3v) is 2.73. The smallest absolute Gasteiger partial charge is 0.0231 e. The molecule has 1 rings (SSSR count). The number of hydrogen-bond donors (Lipinski definition) is 0. The molecule has 0 bridgehead atoms. The van der Waals surface area contributed by atoms with Gasteiger partial charge in [0, 0.05) is 4.99 Å². The molecule has 0 amide bonds.